The van der Waals surface area contributed by atoms with E-state index in [0.717, 1.165) is 6.26 Å². The van der Waals surface area contributed by atoms with Gasteiger partial charge < -0.3 is 25.1 Å². The molecule has 0 bridgehead atoms. The minimum Gasteiger partial charge on any atom is -0.515 e. The second-order valence-corrected chi connectivity index (χ2v) is 2.38. The van der Waals surface area contributed by atoms with E-state index in [0.29, 0.717) is 0 Å². The molecule has 0 aliphatic rings. The predicted molar refractivity (Wildman–Crippen MR) is 66.2 cm³/mol. The predicted octanol–water partition coefficient (Wildman–Crippen LogP) is 2.53. The van der Waals surface area contributed by atoms with Gasteiger partial charge in [-0.1, -0.05) is 0 Å². The first-order chi connectivity index (χ1) is 5.90. The first-order valence-corrected chi connectivity index (χ1v) is 3.63. The van der Waals surface area contributed by atoms with Gasteiger partial charge in [0.05, 0.1) is 38.0 Å². The van der Waals surface area contributed by atoms with E-state index in [1.54, 1.807) is 0 Å². The molecular weight excluding hydrogens is 244 g/mol. The van der Waals surface area contributed by atoms with Crippen molar-refractivity contribution >= 4 is 11.6 Å². The van der Waals surface area contributed by atoms with E-state index in [-0.39, 0.29) is 53.9 Å². The van der Waals surface area contributed by atoms with Gasteiger partial charge in [-0.15, -0.1) is 0 Å². The SMILES string of the molecule is CC(=[OH+])C=C(C)O.CC(=[OH+])C=CO.[CH3-].[CH3-].[Ti]. The van der Waals surface area contributed by atoms with Crippen molar-refractivity contribution in [3.63, 3.8) is 0 Å². The summed E-state index contributed by atoms with van der Waals surface area (Å²) in [5.74, 6) is 0.359. The molecule has 0 atom stereocenters. The first kappa shape index (κ1) is 29.4. The van der Waals surface area contributed by atoms with Crippen molar-refractivity contribution in [3.8, 4) is 0 Å². The van der Waals surface area contributed by atoms with Gasteiger partial charge in [-0.25, -0.2) is 0 Å². The zero-order valence-corrected chi connectivity index (χ0v) is 12.1. The monoisotopic (exact) mass is 266 g/mol. The zero-order valence-electron chi connectivity index (χ0n) is 10.5. The quantitative estimate of drug-likeness (QED) is 0.264. The summed E-state index contributed by atoms with van der Waals surface area (Å²) in [5, 5.41) is 16.3. The summed E-state index contributed by atoms with van der Waals surface area (Å²) < 4.78 is 0. The van der Waals surface area contributed by atoms with Gasteiger partial charge in [0.2, 0.25) is 0 Å². The Morgan fingerprint density at radius 1 is 1.00 bits per heavy atom. The van der Waals surface area contributed by atoms with Crippen LogP contribution < -0.4 is 0 Å². The molecular formula is C11H22O4Ti. The fourth-order valence-corrected chi connectivity index (χ4v) is 0.410. The molecule has 0 aromatic heterocycles. The maximum atomic E-state index is 8.40. The summed E-state index contributed by atoms with van der Waals surface area (Å²) in [7, 11) is 0. The van der Waals surface area contributed by atoms with Crippen LogP contribution in [-0.2, 0) is 21.7 Å². The third-order valence-electron chi connectivity index (χ3n) is 0.734. The molecule has 16 heavy (non-hydrogen) atoms. The van der Waals surface area contributed by atoms with Crippen LogP contribution in [0.25, 0.3) is 0 Å². The summed E-state index contributed by atoms with van der Waals surface area (Å²) in [5.41, 5.74) is 0. The fraction of sp³-hybridized carbons (Fsp3) is 0.273. The molecule has 5 heteroatoms. The summed E-state index contributed by atoms with van der Waals surface area (Å²) in [6.07, 6.45) is 3.26. The third-order valence-corrected chi connectivity index (χ3v) is 0.734. The van der Waals surface area contributed by atoms with Crippen molar-refractivity contribution in [1.29, 1.82) is 0 Å². The average molecular weight is 266 g/mol. The second-order valence-electron chi connectivity index (χ2n) is 2.38. The number of aliphatic hydroxyl groups is 2. The van der Waals surface area contributed by atoms with E-state index in [1.165, 1.54) is 32.9 Å². The number of aliphatic hydroxyl groups excluding tert-OH is 2. The van der Waals surface area contributed by atoms with E-state index in [2.05, 4.69) is 0 Å². The number of hydrogen-bond acceptors (Lipinski definition) is 2. The number of allylic oxidation sites excluding steroid dienone is 3. The van der Waals surface area contributed by atoms with Crippen LogP contribution in [0.3, 0.4) is 0 Å². The normalized spacial score (nSPS) is 8.56. The topological polar surface area (TPSA) is 83.3 Å². The van der Waals surface area contributed by atoms with Gasteiger partial charge in [0.15, 0.2) is 0 Å². The Labute approximate surface area is 113 Å². The molecule has 0 unspecified atom stereocenters. The van der Waals surface area contributed by atoms with Crippen LogP contribution in [0.15, 0.2) is 24.2 Å². The molecule has 0 heterocycles. The number of ketones is 2. The molecule has 0 radical (unpaired) electrons. The molecule has 0 saturated heterocycles. The number of carbonyl (C=O) groups excluding carboxylic acids is 2. The van der Waals surface area contributed by atoms with Crippen LogP contribution in [0.5, 0.6) is 0 Å². The van der Waals surface area contributed by atoms with Crippen molar-refractivity contribution in [1.82, 2.24) is 0 Å². The van der Waals surface area contributed by atoms with Crippen LogP contribution >= 0.6 is 0 Å². The Hall–Kier alpha value is -0.866. The van der Waals surface area contributed by atoms with Gasteiger partial charge in [-0.05, 0) is 6.92 Å². The largest absolute Gasteiger partial charge is 0.515 e. The van der Waals surface area contributed by atoms with Gasteiger partial charge in [0.1, 0.15) is 0 Å². The smallest absolute Gasteiger partial charge is 0.316 e. The van der Waals surface area contributed by atoms with Crippen LogP contribution in [0.1, 0.15) is 20.8 Å². The van der Waals surface area contributed by atoms with Crippen molar-refractivity contribution < 1.29 is 41.5 Å². The Morgan fingerprint density at radius 3 is 1.38 bits per heavy atom. The molecule has 0 aromatic carbocycles. The zero-order chi connectivity index (χ0) is 10.9. The third kappa shape index (κ3) is 51.4. The minimum absolute atomic E-state index is 0. The molecule has 4 nitrogen and oxygen atoms in total. The van der Waals surface area contributed by atoms with Gasteiger partial charge in [0.25, 0.3) is 0 Å². The van der Waals surface area contributed by atoms with Crippen LogP contribution in [0.4, 0.5) is 0 Å². The summed E-state index contributed by atoms with van der Waals surface area (Å²) in [6, 6.07) is 0. The Morgan fingerprint density at radius 2 is 1.38 bits per heavy atom. The molecule has 0 rings (SSSR count). The van der Waals surface area contributed by atoms with E-state index >= 15 is 0 Å². The van der Waals surface area contributed by atoms with Crippen LogP contribution in [0.2, 0.25) is 0 Å². The minimum atomic E-state index is 0. The second kappa shape index (κ2) is 19.7. The maximum Gasteiger partial charge on any atom is 0.316 e. The van der Waals surface area contributed by atoms with Gasteiger partial charge in [0, 0.05) is 21.7 Å². The summed E-state index contributed by atoms with van der Waals surface area (Å²) in [6.45, 7) is 4.48. The molecule has 0 aliphatic heterocycles. The Balaban J connectivity index is -0.0000000428. The number of hydrogen-bond donors (Lipinski definition) is 2. The van der Waals surface area contributed by atoms with Crippen LogP contribution in [0, 0.1) is 14.9 Å². The molecule has 0 fully saturated rings. The van der Waals surface area contributed by atoms with Crippen LogP contribution in [-0.4, -0.2) is 31.4 Å². The van der Waals surface area contributed by atoms with E-state index < -0.39 is 0 Å². The Kier molecular flexibility index (Phi) is 36.2. The first-order valence-electron chi connectivity index (χ1n) is 3.63. The van der Waals surface area contributed by atoms with E-state index in [9.17, 15) is 0 Å². The van der Waals surface area contributed by atoms with Gasteiger partial charge in [-0.3, -0.25) is 9.59 Å². The van der Waals surface area contributed by atoms with Gasteiger partial charge >= 0.3 is 11.6 Å². The van der Waals surface area contributed by atoms with E-state index in [4.69, 9.17) is 19.8 Å². The van der Waals surface area contributed by atoms with Crippen molar-refractivity contribution in [3.05, 3.63) is 39.0 Å². The number of rotatable bonds is 2. The van der Waals surface area contributed by atoms with Gasteiger partial charge in [-0.2, -0.15) is 0 Å². The van der Waals surface area contributed by atoms with Crippen molar-refractivity contribution in [2.45, 2.75) is 20.8 Å². The van der Waals surface area contributed by atoms with Crippen molar-refractivity contribution in [2.75, 3.05) is 0 Å². The molecule has 94 valence electrons. The van der Waals surface area contributed by atoms with Crippen molar-refractivity contribution in [2.24, 2.45) is 0 Å². The standard InChI is InChI=1S/C5H8O2.C4H6O2.2CH3.Ti/c1-4(6)3-5(2)7;1-4(6)2-3-5;;;/h3,6H,1-2H3;2-3,5H,1H3;2*1H3;/q;;2*-1;/p+2. The fourth-order valence-electron chi connectivity index (χ4n) is 0.410. The Bertz CT molecular complexity index is 228. The molecule has 0 amide bonds. The summed E-state index contributed by atoms with van der Waals surface area (Å²) in [4.78, 5) is 16.6. The molecule has 0 aromatic rings. The molecule has 0 spiro atoms. The molecule has 0 saturated carbocycles. The molecule has 4 N–H and O–H groups in total. The average Bonchev–Trinajstić information content (AvgIpc) is 1.83. The maximum absolute atomic E-state index is 8.40. The molecule has 0 aliphatic carbocycles. The summed E-state index contributed by atoms with van der Waals surface area (Å²) >= 11 is 0. The van der Waals surface area contributed by atoms with E-state index in [1.807, 2.05) is 0 Å².